The quantitative estimate of drug-likeness (QED) is 0.299. The predicted octanol–water partition coefficient (Wildman–Crippen LogP) is 4.71. The molecule has 3 aromatic carbocycles. The molecule has 0 saturated carbocycles. The summed E-state index contributed by atoms with van der Waals surface area (Å²) in [5.74, 6) is 0.450. The molecular formula is C32H31N7O3S. The van der Waals surface area contributed by atoms with Crippen LogP contribution in [0.15, 0.2) is 102 Å². The van der Waals surface area contributed by atoms with Gasteiger partial charge in [0.05, 0.1) is 22.5 Å². The van der Waals surface area contributed by atoms with Crippen molar-refractivity contribution in [3.8, 4) is 5.69 Å². The van der Waals surface area contributed by atoms with Crippen LogP contribution in [0.25, 0.3) is 22.1 Å². The Morgan fingerprint density at radius 2 is 1.74 bits per heavy atom. The molecule has 0 bridgehead atoms. The molecule has 0 aliphatic carbocycles. The number of rotatable bonds is 6. The monoisotopic (exact) mass is 593 g/mol. The SMILES string of the molecule is Cc1ccc(-n2nc(C3CCN(S(=O)c4cccc5ccccc45)CC3)cc2NC(=O)c2cnn3cccnc23)cc1.O. The average molecular weight is 594 g/mol. The van der Waals surface area contributed by atoms with Crippen molar-refractivity contribution in [2.45, 2.75) is 30.6 Å². The minimum atomic E-state index is -1.25. The Bertz CT molecular complexity index is 1940. The van der Waals surface area contributed by atoms with Crippen molar-refractivity contribution >= 4 is 39.1 Å². The van der Waals surface area contributed by atoms with Gasteiger partial charge in [0.25, 0.3) is 5.91 Å². The van der Waals surface area contributed by atoms with E-state index in [9.17, 15) is 9.00 Å². The van der Waals surface area contributed by atoms with Crippen molar-refractivity contribution in [1.82, 2.24) is 28.7 Å². The zero-order valence-electron chi connectivity index (χ0n) is 23.6. The number of nitrogens with one attached hydrogen (secondary N) is 1. The molecule has 43 heavy (non-hydrogen) atoms. The van der Waals surface area contributed by atoms with Gasteiger partial charge in [0.15, 0.2) is 5.65 Å². The summed E-state index contributed by atoms with van der Waals surface area (Å²) in [6.07, 6.45) is 6.55. The molecule has 3 aromatic heterocycles. The molecule has 4 heterocycles. The number of benzene rings is 3. The molecule has 6 aromatic rings. The van der Waals surface area contributed by atoms with Crippen LogP contribution < -0.4 is 5.32 Å². The van der Waals surface area contributed by atoms with Crippen LogP contribution >= 0.6 is 0 Å². The summed E-state index contributed by atoms with van der Waals surface area (Å²) in [4.78, 5) is 18.5. The Labute approximate surface area is 250 Å². The number of amides is 1. The number of fused-ring (bicyclic) bond motifs is 2. The minimum absolute atomic E-state index is 0. The number of carbonyl (C=O) groups excluding carboxylic acids is 1. The van der Waals surface area contributed by atoms with E-state index in [1.54, 1.807) is 27.7 Å². The van der Waals surface area contributed by atoms with Crippen molar-refractivity contribution in [2.24, 2.45) is 0 Å². The second-order valence-electron chi connectivity index (χ2n) is 10.5. The fourth-order valence-corrected chi connectivity index (χ4v) is 6.94. The lowest BCUT2D eigenvalue weighted by molar-refractivity contribution is 0.102. The van der Waals surface area contributed by atoms with Crippen LogP contribution in [-0.2, 0) is 11.0 Å². The first-order valence-electron chi connectivity index (χ1n) is 14.0. The third-order valence-corrected chi connectivity index (χ3v) is 9.38. The van der Waals surface area contributed by atoms with Crippen LogP contribution in [0.4, 0.5) is 5.82 Å². The van der Waals surface area contributed by atoms with E-state index in [4.69, 9.17) is 5.10 Å². The van der Waals surface area contributed by atoms with E-state index in [1.165, 1.54) is 6.20 Å². The molecule has 10 nitrogen and oxygen atoms in total. The van der Waals surface area contributed by atoms with Crippen molar-refractivity contribution in [3.63, 3.8) is 0 Å². The Hall–Kier alpha value is -4.71. The molecule has 3 N–H and O–H groups in total. The van der Waals surface area contributed by atoms with E-state index in [2.05, 4.69) is 31.8 Å². The highest BCUT2D eigenvalue weighted by molar-refractivity contribution is 7.83. The van der Waals surface area contributed by atoms with Crippen molar-refractivity contribution < 1.29 is 14.5 Å². The summed E-state index contributed by atoms with van der Waals surface area (Å²) in [5, 5.41) is 14.4. The Kier molecular flexibility index (Phi) is 7.85. The van der Waals surface area contributed by atoms with E-state index >= 15 is 0 Å². The van der Waals surface area contributed by atoms with Crippen LogP contribution in [0, 0.1) is 6.92 Å². The van der Waals surface area contributed by atoms with E-state index < -0.39 is 11.0 Å². The van der Waals surface area contributed by atoms with E-state index in [1.807, 2.05) is 67.6 Å². The lowest BCUT2D eigenvalue weighted by Crippen LogP contribution is -2.34. The molecule has 7 rings (SSSR count). The normalized spacial score (nSPS) is 14.9. The van der Waals surface area contributed by atoms with Crippen LogP contribution in [0.5, 0.6) is 0 Å². The standard InChI is InChI=1S/C32H29N7O2S.H2O/c1-22-10-12-25(13-11-22)39-30(35-32(40)27-21-34-38-17-5-16-33-31(27)38)20-28(36-39)24-14-18-37(19-15-24)42(41)29-9-4-7-23-6-2-3-8-26(23)29;/h2-13,16-17,20-21,24H,14-15,18-19H2,1H3,(H,35,40);1H2. The Morgan fingerprint density at radius 3 is 2.56 bits per heavy atom. The fraction of sp³-hybridized carbons (Fsp3) is 0.188. The summed E-state index contributed by atoms with van der Waals surface area (Å²) in [6, 6.07) is 25.8. The number of anilines is 1. The van der Waals surface area contributed by atoms with Gasteiger partial charge in [-0.1, -0.05) is 54.1 Å². The lowest BCUT2D eigenvalue weighted by Gasteiger charge is -2.30. The number of aryl methyl sites for hydroxylation is 1. The van der Waals surface area contributed by atoms with Gasteiger partial charge in [0.1, 0.15) is 22.4 Å². The highest BCUT2D eigenvalue weighted by Crippen LogP contribution is 2.33. The van der Waals surface area contributed by atoms with Crippen LogP contribution in [0.3, 0.4) is 0 Å². The fourth-order valence-electron chi connectivity index (χ4n) is 5.55. The molecule has 1 saturated heterocycles. The summed E-state index contributed by atoms with van der Waals surface area (Å²) >= 11 is 0. The second-order valence-corrected chi connectivity index (χ2v) is 12.0. The highest BCUT2D eigenvalue weighted by atomic mass is 32.2. The predicted molar refractivity (Wildman–Crippen MR) is 167 cm³/mol. The number of aromatic nitrogens is 5. The summed E-state index contributed by atoms with van der Waals surface area (Å²) in [5.41, 5.74) is 3.77. The number of nitrogens with zero attached hydrogens (tertiary/aromatic N) is 6. The largest absolute Gasteiger partial charge is 0.412 e. The van der Waals surface area contributed by atoms with E-state index in [0.717, 1.165) is 45.5 Å². The summed E-state index contributed by atoms with van der Waals surface area (Å²) < 4.78 is 19.0. The van der Waals surface area contributed by atoms with Gasteiger partial charge < -0.3 is 10.8 Å². The van der Waals surface area contributed by atoms with Crippen LogP contribution in [-0.4, -0.2) is 57.4 Å². The van der Waals surface area contributed by atoms with Gasteiger partial charge in [0, 0.05) is 37.5 Å². The van der Waals surface area contributed by atoms with Crippen LogP contribution in [0.2, 0.25) is 0 Å². The Balaban J connectivity index is 0.00000329. The maximum atomic E-state index is 13.6. The first-order valence-corrected chi connectivity index (χ1v) is 15.1. The van der Waals surface area contributed by atoms with Crippen molar-refractivity contribution in [1.29, 1.82) is 0 Å². The van der Waals surface area contributed by atoms with Gasteiger partial charge in [-0.2, -0.15) is 10.2 Å². The van der Waals surface area contributed by atoms with Crippen molar-refractivity contribution in [2.75, 3.05) is 18.4 Å². The third kappa shape index (κ3) is 5.45. The van der Waals surface area contributed by atoms with Gasteiger partial charge in [0.2, 0.25) is 0 Å². The van der Waals surface area contributed by atoms with Gasteiger partial charge in [-0.05, 0) is 54.8 Å². The van der Waals surface area contributed by atoms with Crippen molar-refractivity contribution in [3.05, 3.63) is 114 Å². The second kappa shape index (κ2) is 11.9. The molecule has 1 unspecified atom stereocenters. The number of piperidine rings is 1. The van der Waals surface area contributed by atoms with Gasteiger partial charge in [-0.3, -0.25) is 4.79 Å². The zero-order valence-corrected chi connectivity index (χ0v) is 24.4. The molecule has 11 heteroatoms. The number of carbonyl (C=O) groups is 1. The first kappa shape index (κ1) is 28.4. The zero-order chi connectivity index (χ0) is 28.6. The molecule has 1 aliphatic heterocycles. The van der Waals surface area contributed by atoms with Gasteiger partial charge in [-0.25, -0.2) is 22.7 Å². The molecule has 1 amide bonds. The van der Waals surface area contributed by atoms with Gasteiger partial charge >= 0.3 is 0 Å². The third-order valence-electron chi connectivity index (χ3n) is 7.82. The number of hydrogen-bond acceptors (Lipinski definition) is 5. The van der Waals surface area contributed by atoms with E-state index in [0.29, 0.717) is 30.1 Å². The highest BCUT2D eigenvalue weighted by Gasteiger charge is 2.28. The number of hydrogen-bond donors (Lipinski definition) is 1. The molecular weight excluding hydrogens is 562 g/mol. The smallest absolute Gasteiger partial charge is 0.262 e. The maximum absolute atomic E-state index is 13.6. The average Bonchev–Trinajstić information content (AvgIpc) is 3.66. The van der Waals surface area contributed by atoms with E-state index in [-0.39, 0.29) is 17.3 Å². The van der Waals surface area contributed by atoms with Crippen LogP contribution in [0.1, 0.15) is 40.4 Å². The minimum Gasteiger partial charge on any atom is -0.412 e. The first-order chi connectivity index (χ1) is 20.5. The summed E-state index contributed by atoms with van der Waals surface area (Å²) in [6.45, 7) is 3.41. The molecule has 1 atom stereocenters. The molecule has 1 aliphatic rings. The van der Waals surface area contributed by atoms with Gasteiger partial charge in [-0.15, -0.1) is 0 Å². The lowest BCUT2D eigenvalue weighted by atomic mass is 9.95. The topological polar surface area (TPSA) is 129 Å². The summed E-state index contributed by atoms with van der Waals surface area (Å²) in [7, 11) is -1.25. The molecule has 218 valence electrons. The molecule has 0 spiro atoms. The molecule has 1 fully saturated rings. The Morgan fingerprint density at radius 1 is 0.977 bits per heavy atom. The maximum Gasteiger partial charge on any atom is 0.262 e. The molecule has 0 radical (unpaired) electrons.